The first-order valence-corrected chi connectivity index (χ1v) is 19.6. The quantitative estimate of drug-likeness (QED) is 0.173. The van der Waals surface area contributed by atoms with Crippen LogP contribution in [0.3, 0.4) is 0 Å². The fourth-order valence-corrected chi connectivity index (χ4v) is 9.18. The van der Waals surface area contributed by atoms with Gasteiger partial charge < -0.3 is 9.13 Å². The number of benzene rings is 8. The highest BCUT2D eigenvalue weighted by Crippen LogP contribution is 2.43. The van der Waals surface area contributed by atoms with E-state index in [0.717, 1.165) is 44.6 Å². The summed E-state index contributed by atoms with van der Waals surface area (Å²) in [5.74, 6) is 0. The van der Waals surface area contributed by atoms with Gasteiger partial charge in [0, 0.05) is 32.7 Å². The maximum atomic E-state index is 10.3. The van der Waals surface area contributed by atoms with Gasteiger partial charge in [0.15, 0.2) is 0 Å². The minimum absolute atomic E-state index is 0.624. The molecule has 0 N–H and O–H groups in total. The van der Waals surface area contributed by atoms with E-state index in [2.05, 4.69) is 201 Å². The molecule has 272 valence electrons. The molecule has 0 amide bonds. The van der Waals surface area contributed by atoms with Gasteiger partial charge in [-0.1, -0.05) is 119 Å². The van der Waals surface area contributed by atoms with E-state index in [1.54, 1.807) is 0 Å². The summed E-state index contributed by atoms with van der Waals surface area (Å²) in [7, 11) is 0. The number of aromatic nitrogens is 2. The topological polar surface area (TPSA) is 33.6 Å². The molecule has 0 aliphatic heterocycles. The molecule has 0 fully saturated rings. The van der Waals surface area contributed by atoms with Crippen LogP contribution < -0.4 is 0 Å². The Morgan fingerprint density at radius 2 is 0.842 bits per heavy atom. The van der Waals surface area contributed by atoms with Crippen LogP contribution in [0.2, 0.25) is 0 Å². The summed E-state index contributed by atoms with van der Waals surface area (Å²) in [4.78, 5) is 0. The van der Waals surface area contributed by atoms with Crippen molar-refractivity contribution in [2.45, 2.75) is 34.6 Å². The zero-order chi connectivity index (χ0) is 38.9. The van der Waals surface area contributed by atoms with E-state index in [4.69, 9.17) is 0 Å². The summed E-state index contributed by atoms with van der Waals surface area (Å²) < 4.78 is 4.81. The number of nitriles is 1. The Morgan fingerprint density at radius 1 is 0.351 bits per heavy atom. The molecule has 0 saturated heterocycles. The maximum Gasteiger partial charge on any atom is 0.0991 e. The first kappa shape index (κ1) is 34.3. The molecule has 3 nitrogen and oxygen atoms in total. The molecule has 0 bridgehead atoms. The molecule has 0 aliphatic rings. The summed E-state index contributed by atoms with van der Waals surface area (Å²) >= 11 is 0. The predicted octanol–water partition coefficient (Wildman–Crippen LogP) is 14.3. The lowest BCUT2D eigenvalue weighted by molar-refractivity contribution is 1.15. The van der Waals surface area contributed by atoms with Crippen LogP contribution in [-0.4, -0.2) is 9.13 Å². The highest BCUT2D eigenvalue weighted by molar-refractivity contribution is 6.12. The Balaban J connectivity index is 1.23. The molecular weight excluding hydrogens is 691 g/mol. The van der Waals surface area contributed by atoms with Gasteiger partial charge in [0.05, 0.1) is 45.1 Å². The first-order chi connectivity index (χ1) is 27.7. The van der Waals surface area contributed by atoms with Crippen molar-refractivity contribution < 1.29 is 0 Å². The lowest BCUT2D eigenvalue weighted by Crippen LogP contribution is -2.02. The van der Waals surface area contributed by atoms with Gasteiger partial charge in [0.25, 0.3) is 0 Å². The number of hydrogen-bond donors (Lipinski definition) is 0. The zero-order valence-corrected chi connectivity index (χ0v) is 32.9. The second-order valence-electron chi connectivity index (χ2n) is 15.8. The molecule has 0 spiro atoms. The van der Waals surface area contributed by atoms with Gasteiger partial charge in [0.2, 0.25) is 0 Å². The highest BCUT2D eigenvalue weighted by Gasteiger charge is 2.22. The monoisotopic (exact) mass is 731 g/mol. The van der Waals surface area contributed by atoms with Crippen molar-refractivity contribution in [2.75, 3.05) is 0 Å². The number of fused-ring (bicyclic) bond motifs is 6. The molecular formula is C54H41N3. The smallest absolute Gasteiger partial charge is 0.0991 e. The SMILES string of the molecule is Cc1cc(C)cc(-c2ccc3c(c2)c2ccccc2n3-c2ccc(C#N)cc2-c2ccc(C)cc2-n2c3ccccc3c3cc(-c4cc(C)cc(C)c4)ccc32)c1. The second-order valence-corrected chi connectivity index (χ2v) is 15.8. The Hall–Kier alpha value is -7.15. The van der Waals surface area contributed by atoms with Crippen molar-refractivity contribution in [2.24, 2.45) is 0 Å². The van der Waals surface area contributed by atoms with E-state index < -0.39 is 0 Å². The van der Waals surface area contributed by atoms with Crippen LogP contribution in [0, 0.1) is 45.9 Å². The third-order valence-electron chi connectivity index (χ3n) is 11.5. The summed E-state index contributed by atoms with van der Waals surface area (Å²) in [6.45, 7) is 10.8. The minimum atomic E-state index is 0.624. The van der Waals surface area contributed by atoms with Crippen LogP contribution in [0.4, 0.5) is 0 Å². The molecule has 8 aromatic carbocycles. The van der Waals surface area contributed by atoms with Gasteiger partial charge in [-0.05, 0) is 123 Å². The maximum absolute atomic E-state index is 10.3. The number of hydrogen-bond acceptors (Lipinski definition) is 1. The van der Waals surface area contributed by atoms with Crippen LogP contribution in [0.5, 0.6) is 0 Å². The van der Waals surface area contributed by atoms with Gasteiger partial charge in [-0.3, -0.25) is 0 Å². The zero-order valence-electron chi connectivity index (χ0n) is 32.9. The number of aryl methyl sites for hydroxylation is 5. The van der Waals surface area contributed by atoms with Crippen LogP contribution >= 0.6 is 0 Å². The van der Waals surface area contributed by atoms with Gasteiger partial charge in [0.1, 0.15) is 0 Å². The van der Waals surface area contributed by atoms with Crippen molar-refractivity contribution in [3.8, 4) is 50.8 Å². The Kier molecular flexibility index (Phi) is 7.99. The molecule has 0 unspecified atom stereocenters. The van der Waals surface area contributed by atoms with Crippen LogP contribution in [0.15, 0.2) is 158 Å². The highest BCUT2D eigenvalue weighted by atomic mass is 15.0. The van der Waals surface area contributed by atoms with Crippen molar-refractivity contribution in [3.63, 3.8) is 0 Å². The third kappa shape index (κ3) is 5.73. The van der Waals surface area contributed by atoms with Crippen LogP contribution in [0.1, 0.15) is 33.4 Å². The molecule has 10 aromatic rings. The average Bonchev–Trinajstić information content (AvgIpc) is 3.72. The van der Waals surface area contributed by atoms with Gasteiger partial charge >= 0.3 is 0 Å². The van der Waals surface area contributed by atoms with Gasteiger partial charge in [-0.2, -0.15) is 5.26 Å². The van der Waals surface area contributed by atoms with Crippen molar-refractivity contribution in [1.29, 1.82) is 5.26 Å². The van der Waals surface area contributed by atoms with E-state index >= 15 is 0 Å². The minimum Gasteiger partial charge on any atom is -0.309 e. The van der Waals surface area contributed by atoms with E-state index in [1.165, 1.54) is 71.6 Å². The van der Waals surface area contributed by atoms with Gasteiger partial charge in [-0.25, -0.2) is 0 Å². The van der Waals surface area contributed by atoms with E-state index in [9.17, 15) is 5.26 Å². The normalized spacial score (nSPS) is 11.6. The summed E-state index contributed by atoms with van der Waals surface area (Å²) in [6.07, 6.45) is 0. The largest absolute Gasteiger partial charge is 0.309 e. The lowest BCUT2D eigenvalue weighted by atomic mass is 9.97. The Labute approximate surface area is 333 Å². The van der Waals surface area contributed by atoms with Crippen molar-refractivity contribution >= 4 is 43.6 Å². The fourth-order valence-electron chi connectivity index (χ4n) is 9.18. The van der Waals surface area contributed by atoms with Crippen LogP contribution in [-0.2, 0) is 0 Å². The third-order valence-corrected chi connectivity index (χ3v) is 11.5. The first-order valence-electron chi connectivity index (χ1n) is 19.6. The van der Waals surface area contributed by atoms with Gasteiger partial charge in [-0.15, -0.1) is 0 Å². The van der Waals surface area contributed by atoms with Crippen molar-refractivity contribution in [3.05, 3.63) is 191 Å². The Morgan fingerprint density at radius 3 is 1.37 bits per heavy atom. The molecule has 2 aromatic heterocycles. The average molecular weight is 732 g/mol. The standard InChI is InChI=1S/C54H41N3/c1-33-14-18-45(54(28-33)57-50-13-9-7-11-44(50)48-31-40(17-21-53(48)57)42-26-36(4)23-37(5)27-42)46-29-38(32-55)15-19-51(46)56-49-12-8-6-10-43(49)47-30-39(16-20-52(47)56)41-24-34(2)22-35(3)25-41/h6-31H,1-5H3. The molecule has 0 saturated carbocycles. The van der Waals surface area contributed by atoms with Crippen LogP contribution in [0.25, 0.3) is 88.4 Å². The molecule has 10 rings (SSSR count). The van der Waals surface area contributed by atoms with E-state index in [-0.39, 0.29) is 0 Å². The molecule has 57 heavy (non-hydrogen) atoms. The van der Waals surface area contributed by atoms with Crippen molar-refractivity contribution in [1.82, 2.24) is 9.13 Å². The number of nitrogens with zero attached hydrogens (tertiary/aromatic N) is 3. The lowest BCUT2D eigenvalue weighted by Gasteiger charge is -2.19. The van der Waals surface area contributed by atoms with E-state index in [0.29, 0.717) is 5.56 Å². The molecule has 2 heterocycles. The van der Waals surface area contributed by atoms with E-state index in [1.807, 2.05) is 6.07 Å². The molecule has 3 heteroatoms. The molecule has 0 aliphatic carbocycles. The number of para-hydroxylation sites is 2. The fraction of sp³-hybridized carbons (Fsp3) is 0.0926. The summed E-state index contributed by atoms with van der Waals surface area (Å²) in [6, 6.07) is 60.0. The number of rotatable bonds is 5. The predicted molar refractivity (Wildman–Crippen MR) is 240 cm³/mol. The summed E-state index contributed by atoms with van der Waals surface area (Å²) in [5, 5.41) is 15.1. The molecule has 0 radical (unpaired) electrons. The summed E-state index contributed by atoms with van der Waals surface area (Å²) in [5.41, 5.74) is 20.4. The Bertz CT molecular complexity index is 3270. The molecule has 0 atom stereocenters. The second kappa shape index (κ2) is 13.3.